The number of methoxy groups -OCH3 is 1. The van der Waals surface area contributed by atoms with Crippen LogP contribution in [0.15, 0.2) is 24.3 Å². The molecule has 1 aromatic carbocycles. The number of carbonyl (C=O) groups excluding carboxylic acids is 2. The predicted molar refractivity (Wildman–Crippen MR) is 113 cm³/mol. The molecule has 1 saturated carbocycles. The summed E-state index contributed by atoms with van der Waals surface area (Å²) < 4.78 is 16.1. The highest BCUT2D eigenvalue weighted by molar-refractivity contribution is 5.83. The normalized spacial score (nSPS) is 18.8. The fourth-order valence-corrected chi connectivity index (χ4v) is 3.87. The van der Waals surface area contributed by atoms with E-state index < -0.39 is 5.92 Å². The summed E-state index contributed by atoms with van der Waals surface area (Å²) in [7, 11) is 1.59. The van der Waals surface area contributed by atoms with E-state index in [1.165, 1.54) is 32.1 Å². The fraction of sp³-hybridized carbons (Fsp3) is 0.667. The summed E-state index contributed by atoms with van der Waals surface area (Å²) in [5, 5.41) is 0. The van der Waals surface area contributed by atoms with Gasteiger partial charge in [0.05, 0.1) is 25.6 Å². The molecule has 5 heteroatoms. The van der Waals surface area contributed by atoms with Crippen LogP contribution < -0.4 is 9.47 Å². The molecule has 0 amide bonds. The molecule has 0 bridgehead atoms. The van der Waals surface area contributed by atoms with Gasteiger partial charge < -0.3 is 14.2 Å². The second-order valence-electron chi connectivity index (χ2n) is 7.88. The number of carbonyl (C=O) groups is 2. The van der Waals surface area contributed by atoms with Crippen LogP contribution in [0.5, 0.6) is 11.5 Å². The van der Waals surface area contributed by atoms with Gasteiger partial charge in [-0.1, -0.05) is 58.3 Å². The first-order valence-corrected chi connectivity index (χ1v) is 11.2. The molecule has 1 fully saturated rings. The lowest BCUT2D eigenvalue weighted by molar-refractivity contribution is -0.158. The Bertz CT molecular complexity index is 610. The Morgan fingerprint density at radius 1 is 0.828 bits per heavy atom. The van der Waals surface area contributed by atoms with E-state index in [0.717, 1.165) is 25.7 Å². The molecule has 1 aromatic rings. The summed E-state index contributed by atoms with van der Waals surface area (Å²) >= 11 is 0. The smallest absolute Gasteiger partial charge is 0.315 e. The molecule has 0 saturated heterocycles. The minimum Gasteiger partial charge on any atom is -0.497 e. The summed E-state index contributed by atoms with van der Waals surface area (Å²) in [6.45, 7) is 2.66. The molecule has 0 radical (unpaired) electrons. The van der Waals surface area contributed by atoms with E-state index >= 15 is 0 Å². The number of hydrogen-bond donors (Lipinski definition) is 0. The van der Waals surface area contributed by atoms with Crippen LogP contribution in [0, 0.1) is 11.8 Å². The van der Waals surface area contributed by atoms with Gasteiger partial charge in [-0.05, 0) is 43.5 Å². The van der Waals surface area contributed by atoms with Crippen molar-refractivity contribution >= 4 is 11.9 Å². The maximum atomic E-state index is 12.7. The Hall–Kier alpha value is -2.04. The second-order valence-corrected chi connectivity index (χ2v) is 7.88. The third-order valence-electron chi connectivity index (χ3n) is 5.64. The van der Waals surface area contributed by atoms with E-state index in [0.29, 0.717) is 30.9 Å². The van der Waals surface area contributed by atoms with Gasteiger partial charge in [0.2, 0.25) is 0 Å². The van der Waals surface area contributed by atoms with E-state index in [2.05, 4.69) is 6.92 Å². The molecule has 0 heterocycles. The number of unbranched alkanes of at least 4 members (excludes halogenated alkanes) is 6. The zero-order chi connectivity index (χ0) is 20.9. The van der Waals surface area contributed by atoms with Crippen molar-refractivity contribution in [2.45, 2.75) is 77.6 Å². The van der Waals surface area contributed by atoms with Gasteiger partial charge in [0.1, 0.15) is 11.5 Å². The molecular formula is C24H36O5. The van der Waals surface area contributed by atoms with Crippen molar-refractivity contribution in [2.75, 3.05) is 13.7 Å². The molecular weight excluding hydrogens is 368 g/mol. The first-order valence-electron chi connectivity index (χ1n) is 11.2. The van der Waals surface area contributed by atoms with Gasteiger partial charge in [-0.2, -0.15) is 0 Å². The van der Waals surface area contributed by atoms with Crippen molar-refractivity contribution in [3.8, 4) is 11.5 Å². The molecule has 1 aliphatic rings. The minimum absolute atomic E-state index is 0.243. The van der Waals surface area contributed by atoms with E-state index in [4.69, 9.17) is 14.2 Å². The predicted octanol–water partition coefficient (Wildman–Crippen LogP) is 5.70. The van der Waals surface area contributed by atoms with Crippen LogP contribution in [-0.2, 0) is 14.3 Å². The van der Waals surface area contributed by atoms with Crippen LogP contribution in [0.4, 0.5) is 0 Å². The lowest BCUT2D eigenvalue weighted by atomic mass is 9.79. The lowest BCUT2D eigenvalue weighted by Gasteiger charge is -2.28. The van der Waals surface area contributed by atoms with Crippen LogP contribution in [0.25, 0.3) is 0 Å². The van der Waals surface area contributed by atoms with E-state index in [1.54, 1.807) is 31.4 Å². The van der Waals surface area contributed by atoms with Crippen LogP contribution >= 0.6 is 0 Å². The standard InChI is InChI=1S/C24H36O5/c1-3-4-5-6-7-8-11-18-28-23(25)21-12-9-10-13-22(21)24(26)29-20-16-14-19(27-2)15-17-20/h14-17,21-22H,3-13,18H2,1-2H3. The Balaban J connectivity index is 1.76. The molecule has 29 heavy (non-hydrogen) atoms. The SMILES string of the molecule is CCCCCCCCCOC(=O)C1CCCCC1C(=O)Oc1ccc(OC)cc1. The van der Waals surface area contributed by atoms with Crippen LogP contribution in [0.1, 0.15) is 77.6 Å². The van der Waals surface area contributed by atoms with E-state index in [9.17, 15) is 9.59 Å². The monoisotopic (exact) mass is 404 g/mol. The van der Waals surface area contributed by atoms with Gasteiger partial charge in [-0.15, -0.1) is 0 Å². The van der Waals surface area contributed by atoms with Gasteiger partial charge in [0.25, 0.3) is 0 Å². The van der Waals surface area contributed by atoms with Crippen LogP contribution in [0.3, 0.4) is 0 Å². The summed E-state index contributed by atoms with van der Waals surface area (Å²) in [5.41, 5.74) is 0. The molecule has 0 aliphatic heterocycles. The molecule has 0 N–H and O–H groups in total. The van der Waals surface area contributed by atoms with Crippen LogP contribution in [-0.4, -0.2) is 25.7 Å². The molecule has 0 aromatic heterocycles. The molecule has 0 spiro atoms. The zero-order valence-electron chi connectivity index (χ0n) is 18.0. The second kappa shape index (κ2) is 13.2. The first-order chi connectivity index (χ1) is 14.2. The number of esters is 2. The van der Waals surface area contributed by atoms with Crippen LogP contribution in [0.2, 0.25) is 0 Å². The first kappa shape index (κ1) is 23.2. The maximum absolute atomic E-state index is 12.7. The Labute approximate surface area is 175 Å². The van der Waals surface area contributed by atoms with Crippen molar-refractivity contribution in [1.82, 2.24) is 0 Å². The third kappa shape index (κ3) is 8.08. The number of rotatable bonds is 12. The van der Waals surface area contributed by atoms with Gasteiger partial charge in [-0.25, -0.2) is 0 Å². The Morgan fingerprint density at radius 3 is 2.00 bits per heavy atom. The molecule has 2 atom stereocenters. The molecule has 162 valence electrons. The topological polar surface area (TPSA) is 61.8 Å². The molecule has 2 unspecified atom stereocenters. The number of benzene rings is 1. The van der Waals surface area contributed by atoms with E-state index in [-0.39, 0.29) is 17.9 Å². The highest BCUT2D eigenvalue weighted by Crippen LogP contribution is 2.32. The number of ether oxygens (including phenoxy) is 3. The van der Waals surface area contributed by atoms with Crippen molar-refractivity contribution in [3.63, 3.8) is 0 Å². The number of hydrogen-bond acceptors (Lipinski definition) is 5. The van der Waals surface area contributed by atoms with Crippen molar-refractivity contribution < 1.29 is 23.8 Å². The fourth-order valence-electron chi connectivity index (χ4n) is 3.87. The summed E-state index contributed by atoms with van der Waals surface area (Å²) in [5.74, 6) is -0.225. The van der Waals surface area contributed by atoms with Crippen molar-refractivity contribution in [3.05, 3.63) is 24.3 Å². The average Bonchev–Trinajstić information content (AvgIpc) is 2.76. The molecule has 5 nitrogen and oxygen atoms in total. The van der Waals surface area contributed by atoms with Gasteiger partial charge in [0.15, 0.2) is 0 Å². The average molecular weight is 405 g/mol. The van der Waals surface area contributed by atoms with Gasteiger partial charge >= 0.3 is 11.9 Å². The Morgan fingerprint density at radius 2 is 1.38 bits per heavy atom. The molecule has 2 rings (SSSR count). The van der Waals surface area contributed by atoms with E-state index in [1.807, 2.05) is 0 Å². The van der Waals surface area contributed by atoms with Crippen molar-refractivity contribution in [1.29, 1.82) is 0 Å². The van der Waals surface area contributed by atoms with Crippen molar-refractivity contribution in [2.24, 2.45) is 11.8 Å². The third-order valence-corrected chi connectivity index (χ3v) is 5.64. The largest absolute Gasteiger partial charge is 0.497 e. The van der Waals surface area contributed by atoms with Gasteiger partial charge in [0, 0.05) is 0 Å². The van der Waals surface area contributed by atoms with Gasteiger partial charge in [-0.3, -0.25) is 9.59 Å². The zero-order valence-corrected chi connectivity index (χ0v) is 18.0. The lowest BCUT2D eigenvalue weighted by Crippen LogP contribution is -2.36. The summed E-state index contributed by atoms with van der Waals surface area (Å²) in [6.07, 6.45) is 11.5. The quantitative estimate of drug-likeness (QED) is 0.254. The minimum atomic E-state index is -0.424. The summed E-state index contributed by atoms with van der Waals surface area (Å²) in [4.78, 5) is 25.3. The maximum Gasteiger partial charge on any atom is 0.315 e. The highest BCUT2D eigenvalue weighted by Gasteiger charge is 2.38. The molecule has 1 aliphatic carbocycles. The summed E-state index contributed by atoms with van der Waals surface area (Å²) in [6, 6.07) is 6.90. The Kier molecular flexibility index (Phi) is 10.6. The highest BCUT2D eigenvalue weighted by atomic mass is 16.5.